The molecule has 0 atom stereocenters. The van der Waals surface area contributed by atoms with Gasteiger partial charge in [0, 0.05) is 38.1 Å². The minimum Gasteiger partial charge on any atom is -0.470 e. The van der Waals surface area contributed by atoms with Gasteiger partial charge in [0.15, 0.2) is 0 Å². The molecular formula is C19H23F3N6O2. The summed E-state index contributed by atoms with van der Waals surface area (Å²) < 4.78 is 46.9. The van der Waals surface area contributed by atoms with E-state index < -0.39 is 12.6 Å². The summed E-state index contributed by atoms with van der Waals surface area (Å²) in [5.41, 5.74) is 0.241. The summed E-state index contributed by atoms with van der Waals surface area (Å²) in [4.78, 5) is 21.7. The summed E-state index contributed by atoms with van der Waals surface area (Å²) >= 11 is 0. The molecule has 2 aliphatic rings. The number of amides is 1. The van der Waals surface area contributed by atoms with Gasteiger partial charge in [-0.25, -0.2) is 17.9 Å². The van der Waals surface area contributed by atoms with Gasteiger partial charge >= 0.3 is 0 Å². The fourth-order valence-electron chi connectivity index (χ4n) is 3.53. The normalized spacial score (nSPS) is 19.4. The zero-order chi connectivity index (χ0) is 21.3. The molecule has 0 radical (unpaired) electrons. The Morgan fingerprint density at radius 3 is 2.67 bits per heavy atom. The van der Waals surface area contributed by atoms with Gasteiger partial charge in [-0.3, -0.25) is 4.79 Å². The number of hydrogen-bond acceptors (Lipinski definition) is 6. The van der Waals surface area contributed by atoms with Crippen molar-refractivity contribution in [3.8, 4) is 11.8 Å². The number of nitrogens with zero attached hydrogens (tertiary/aromatic N) is 5. The Balaban J connectivity index is 1.52. The first-order chi connectivity index (χ1) is 14.3. The van der Waals surface area contributed by atoms with E-state index in [4.69, 9.17) is 4.74 Å². The molecule has 1 aliphatic carbocycles. The van der Waals surface area contributed by atoms with Gasteiger partial charge in [0.2, 0.25) is 17.7 Å². The minimum atomic E-state index is -2.62. The summed E-state index contributed by atoms with van der Waals surface area (Å²) in [6, 6.07) is 2.98. The first-order valence-electron chi connectivity index (χ1n) is 9.88. The molecule has 4 rings (SSSR count). The van der Waals surface area contributed by atoms with Crippen molar-refractivity contribution in [3.05, 3.63) is 24.0 Å². The van der Waals surface area contributed by atoms with Crippen LogP contribution in [-0.4, -0.2) is 61.7 Å². The maximum Gasteiger partial charge on any atom is 0.255 e. The first kappa shape index (κ1) is 20.4. The third-order valence-corrected chi connectivity index (χ3v) is 5.33. The highest BCUT2D eigenvalue weighted by molar-refractivity contribution is 5.74. The average molecular weight is 424 g/mol. The zero-order valence-corrected chi connectivity index (χ0v) is 16.5. The molecule has 0 unspecified atom stereocenters. The maximum atomic E-state index is 13.4. The average Bonchev–Trinajstić information content (AvgIpc) is 3.15. The van der Waals surface area contributed by atoms with Crippen LogP contribution in [0.15, 0.2) is 18.3 Å². The number of carbonyl (C=O) groups excluding carboxylic acids is 1. The molecular weight excluding hydrogens is 401 g/mol. The number of aromatic nitrogens is 4. The zero-order valence-electron chi connectivity index (χ0n) is 16.5. The topological polar surface area (TPSA) is 85.2 Å². The van der Waals surface area contributed by atoms with Crippen molar-refractivity contribution >= 4 is 11.7 Å². The van der Waals surface area contributed by atoms with Crippen molar-refractivity contribution in [1.29, 1.82) is 0 Å². The molecule has 30 heavy (non-hydrogen) atoms. The standard InChI is InChI=1S/C19H23F3N6O2/c1-12(29)27-10-15(11-27)30-17-8-16(23-13-2-5-19(21,22)6-3-13)24-18(25-17)28-7-4-14(9-20)26-28/h4,7-8,13,15H,2-3,5-6,9-11H2,1H3,(H,23,24,25). The van der Waals surface area contributed by atoms with Crippen LogP contribution >= 0.6 is 0 Å². The van der Waals surface area contributed by atoms with Crippen LogP contribution in [0.3, 0.4) is 0 Å². The first-order valence-corrected chi connectivity index (χ1v) is 9.88. The molecule has 2 aromatic heterocycles. The van der Waals surface area contributed by atoms with Gasteiger partial charge in [-0.1, -0.05) is 0 Å². The lowest BCUT2D eigenvalue weighted by Gasteiger charge is -2.38. The Kier molecular flexibility index (Phi) is 5.52. The van der Waals surface area contributed by atoms with Gasteiger partial charge in [0.25, 0.3) is 5.95 Å². The van der Waals surface area contributed by atoms with Crippen LogP contribution in [0.2, 0.25) is 0 Å². The number of anilines is 1. The molecule has 162 valence electrons. The molecule has 1 saturated heterocycles. The fraction of sp³-hybridized carbons (Fsp3) is 0.579. The molecule has 1 aliphatic heterocycles. The Hall–Kier alpha value is -2.85. The molecule has 2 fully saturated rings. The van der Waals surface area contributed by atoms with Gasteiger partial charge < -0.3 is 15.0 Å². The third-order valence-electron chi connectivity index (χ3n) is 5.33. The minimum absolute atomic E-state index is 0.0232. The quantitative estimate of drug-likeness (QED) is 0.768. The van der Waals surface area contributed by atoms with E-state index in [9.17, 15) is 18.0 Å². The van der Waals surface area contributed by atoms with Crippen LogP contribution in [-0.2, 0) is 11.5 Å². The largest absolute Gasteiger partial charge is 0.470 e. The van der Waals surface area contributed by atoms with Crippen LogP contribution in [0.5, 0.6) is 5.88 Å². The highest BCUT2D eigenvalue weighted by Crippen LogP contribution is 2.34. The van der Waals surface area contributed by atoms with E-state index in [0.29, 0.717) is 31.7 Å². The lowest BCUT2D eigenvalue weighted by Crippen LogP contribution is -2.55. The predicted molar refractivity (Wildman–Crippen MR) is 101 cm³/mol. The van der Waals surface area contributed by atoms with Gasteiger partial charge in [-0.2, -0.15) is 15.1 Å². The predicted octanol–water partition coefficient (Wildman–Crippen LogP) is 2.73. The van der Waals surface area contributed by atoms with Crippen LogP contribution in [0.25, 0.3) is 5.95 Å². The Bertz CT molecular complexity index is 905. The monoisotopic (exact) mass is 424 g/mol. The third kappa shape index (κ3) is 4.65. The van der Waals surface area contributed by atoms with Gasteiger partial charge in [0.1, 0.15) is 18.6 Å². The summed E-state index contributed by atoms with van der Waals surface area (Å²) in [5.74, 6) is -1.77. The molecule has 0 spiro atoms. The number of alkyl halides is 3. The number of halogens is 3. The van der Waals surface area contributed by atoms with Crippen molar-refractivity contribution in [1.82, 2.24) is 24.6 Å². The molecule has 3 heterocycles. The molecule has 1 N–H and O–H groups in total. The summed E-state index contributed by atoms with van der Waals surface area (Å²) in [5, 5.41) is 7.26. The number of carbonyl (C=O) groups is 1. The van der Waals surface area contributed by atoms with E-state index in [2.05, 4.69) is 20.4 Å². The SMILES string of the molecule is CC(=O)N1CC(Oc2cc(NC3CCC(F)(F)CC3)nc(-n3ccc(CF)n3)n2)C1. The van der Waals surface area contributed by atoms with Gasteiger partial charge in [-0.15, -0.1) is 0 Å². The fourth-order valence-corrected chi connectivity index (χ4v) is 3.53. The van der Waals surface area contributed by atoms with Crippen molar-refractivity contribution in [2.75, 3.05) is 18.4 Å². The number of rotatable bonds is 6. The highest BCUT2D eigenvalue weighted by atomic mass is 19.3. The molecule has 8 nitrogen and oxygen atoms in total. The van der Waals surface area contributed by atoms with E-state index >= 15 is 0 Å². The molecule has 11 heteroatoms. The Labute approximate surface area is 171 Å². The van der Waals surface area contributed by atoms with E-state index in [-0.39, 0.29) is 48.4 Å². The van der Waals surface area contributed by atoms with E-state index in [1.807, 2.05) is 0 Å². The molecule has 2 aromatic rings. The lowest BCUT2D eigenvalue weighted by molar-refractivity contribution is -0.137. The Morgan fingerprint density at radius 2 is 2.03 bits per heavy atom. The molecule has 0 aromatic carbocycles. The van der Waals surface area contributed by atoms with E-state index in [1.54, 1.807) is 17.2 Å². The van der Waals surface area contributed by atoms with Crippen molar-refractivity contribution < 1.29 is 22.7 Å². The number of nitrogens with one attached hydrogen (secondary N) is 1. The van der Waals surface area contributed by atoms with E-state index in [1.165, 1.54) is 17.7 Å². The number of likely N-dealkylation sites (tertiary alicyclic amines) is 1. The van der Waals surface area contributed by atoms with E-state index in [0.717, 1.165) is 0 Å². The number of hydrogen-bond donors (Lipinski definition) is 1. The van der Waals surface area contributed by atoms with Crippen LogP contribution < -0.4 is 10.1 Å². The van der Waals surface area contributed by atoms with Crippen LogP contribution in [0.1, 0.15) is 38.3 Å². The van der Waals surface area contributed by atoms with Crippen molar-refractivity contribution in [2.24, 2.45) is 0 Å². The highest BCUT2D eigenvalue weighted by Gasteiger charge is 2.35. The Morgan fingerprint density at radius 1 is 1.30 bits per heavy atom. The van der Waals surface area contributed by atoms with Gasteiger partial charge in [-0.05, 0) is 18.9 Å². The molecule has 1 saturated carbocycles. The van der Waals surface area contributed by atoms with Crippen molar-refractivity contribution in [3.63, 3.8) is 0 Å². The molecule has 0 bridgehead atoms. The lowest BCUT2D eigenvalue weighted by atomic mass is 9.92. The second-order valence-corrected chi connectivity index (χ2v) is 7.72. The second-order valence-electron chi connectivity index (χ2n) is 7.72. The summed E-state index contributed by atoms with van der Waals surface area (Å²) in [6.45, 7) is 1.70. The summed E-state index contributed by atoms with van der Waals surface area (Å²) in [7, 11) is 0. The maximum absolute atomic E-state index is 13.4. The second kappa shape index (κ2) is 8.11. The number of ether oxygens (including phenoxy) is 1. The molecule has 1 amide bonds. The smallest absolute Gasteiger partial charge is 0.255 e. The van der Waals surface area contributed by atoms with Crippen molar-refractivity contribution in [2.45, 2.75) is 57.3 Å². The van der Waals surface area contributed by atoms with Crippen LogP contribution in [0, 0.1) is 0 Å². The van der Waals surface area contributed by atoms with Gasteiger partial charge in [0.05, 0.1) is 18.8 Å². The van der Waals surface area contributed by atoms with Crippen LogP contribution in [0.4, 0.5) is 19.0 Å². The summed E-state index contributed by atoms with van der Waals surface area (Å²) in [6.07, 6.45) is 1.65.